The van der Waals surface area contributed by atoms with E-state index in [1.165, 1.54) is 12.1 Å². The van der Waals surface area contributed by atoms with Crippen LogP contribution in [0.15, 0.2) is 48.8 Å². The third kappa shape index (κ3) is 4.24. The van der Waals surface area contributed by atoms with Crippen molar-refractivity contribution in [2.75, 3.05) is 5.32 Å². The molecule has 0 atom stereocenters. The van der Waals surface area contributed by atoms with Gasteiger partial charge in [0, 0.05) is 23.5 Å². The second kappa shape index (κ2) is 6.95. The Kier molecular flexibility index (Phi) is 4.71. The summed E-state index contributed by atoms with van der Waals surface area (Å²) < 4.78 is 18.4. The summed E-state index contributed by atoms with van der Waals surface area (Å²) in [5.74, 6) is 0.0570. The van der Waals surface area contributed by atoms with Crippen molar-refractivity contribution in [3.8, 4) is 22.4 Å². The van der Waals surface area contributed by atoms with Gasteiger partial charge in [0.25, 0.3) is 0 Å². The molecule has 0 aliphatic carbocycles. The molecule has 2 heterocycles. The lowest BCUT2D eigenvalue weighted by Crippen LogP contribution is -2.27. The van der Waals surface area contributed by atoms with Crippen molar-refractivity contribution < 1.29 is 13.9 Å². The number of carbonyl (C=O) groups excluding carboxylic acids is 1. The quantitative estimate of drug-likeness (QED) is 0.719. The van der Waals surface area contributed by atoms with E-state index in [2.05, 4.69) is 20.5 Å². The van der Waals surface area contributed by atoms with Gasteiger partial charge in [0.2, 0.25) is 0 Å². The standard InChI is InChI=1S/C19H19FN4O2/c1-19(2,3)26-18(25)23-16-10-13(8-9-21-16)15-11-22-24-17(15)12-4-6-14(20)7-5-12/h4-11H,1-3H3,(H,22,24)(H,21,23,25). The summed E-state index contributed by atoms with van der Waals surface area (Å²) in [5, 5.41) is 9.69. The molecule has 3 rings (SSSR count). The fourth-order valence-corrected chi connectivity index (χ4v) is 2.41. The molecular formula is C19H19FN4O2. The maximum atomic E-state index is 13.2. The maximum Gasteiger partial charge on any atom is 0.413 e. The van der Waals surface area contributed by atoms with E-state index in [9.17, 15) is 9.18 Å². The average Bonchev–Trinajstić information content (AvgIpc) is 3.03. The molecule has 0 bridgehead atoms. The molecule has 0 spiro atoms. The highest BCUT2D eigenvalue weighted by atomic mass is 19.1. The lowest BCUT2D eigenvalue weighted by Gasteiger charge is -2.19. The van der Waals surface area contributed by atoms with Crippen LogP contribution in [0.3, 0.4) is 0 Å². The minimum atomic E-state index is -0.595. The van der Waals surface area contributed by atoms with E-state index in [1.807, 2.05) is 0 Å². The van der Waals surface area contributed by atoms with Gasteiger partial charge < -0.3 is 4.74 Å². The number of hydrogen-bond acceptors (Lipinski definition) is 4. The van der Waals surface area contributed by atoms with Gasteiger partial charge in [0.15, 0.2) is 0 Å². The molecule has 0 aliphatic rings. The summed E-state index contributed by atoms with van der Waals surface area (Å²) >= 11 is 0. The number of benzene rings is 1. The van der Waals surface area contributed by atoms with Crippen LogP contribution in [0, 0.1) is 5.82 Å². The Balaban J connectivity index is 1.86. The van der Waals surface area contributed by atoms with Gasteiger partial charge in [-0.15, -0.1) is 0 Å². The number of hydrogen-bond donors (Lipinski definition) is 2. The summed E-state index contributed by atoms with van der Waals surface area (Å²) in [7, 11) is 0. The van der Waals surface area contributed by atoms with Crippen LogP contribution >= 0.6 is 0 Å². The molecule has 0 radical (unpaired) electrons. The van der Waals surface area contributed by atoms with E-state index in [1.54, 1.807) is 57.4 Å². The summed E-state index contributed by atoms with van der Waals surface area (Å²) in [6.45, 7) is 5.37. The van der Waals surface area contributed by atoms with E-state index < -0.39 is 11.7 Å². The number of nitrogens with one attached hydrogen (secondary N) is 2. The molecule has 134 valence electrons. The average molecular weight is 354 g/mol. The molecule has 1 amide bonds. The first-order valence-electron chi connectivity index (χ1n) is 8.08. The van der Waals surface area contributed by atoms with E-state index >= 15 is 0 Å². The number of amides is 1. The van der Waals surface area contributed by atoms with Crippen molar-refractivity contribution in [1.82, 2.24) is 15.2 Å². The Labute approximate surface area is 150 Å². The first-order chi connectivity index (χ1) is 12.3. The van der Waals surface area contributed by atoms with Gasteiger partial charge in [-0.05, 0) is 62.7 Å². The normalized spacial score (nSPS) is 11.2. The van der Waals surface area contributed by atoms with Crippen molar-refractivity contribution in [2.24, 2.45) is 0 Å². The Morgan fingerprint density at radius 2 is 1.88 bits per heavy atom. The van der Waals surface area contributed by atoms with E-state index in [0.29, 0.717) is 11.5 Å². The second-order valence-electron chi connectivity index (χ2n) is 6.71. The Morgan fingerprint density at radius 1 is 1.15 bits per heavy atom. The van der Waals surface area contributed by atoms with Crippen LogP contribution in [0.5, 0.6) is 0 Å². The second-order valence-corrected chi connectivity index (χ2v) is 6.71. The minimum absolute atomic E-state index is 0.307. The molecule has 6 nitrogen and oxygen atoms in total. The zero-order valence-corrected chi connectivity index (χ0v) is 14.7. The third-order valence-electron chi connectivity index (χ3n) is 3.46. The molecule has 3 aromatic rings. The highest BCUT2D eigenvalue weighted by Gasteiger charge is 2.17. The fraction of sp³-hybridized carbons (Fsp3) is 0.211. The predicted molar refractivity (Wildman–Crippen MR) is 97.1 cm³/mol. The van der Waals surface area contributed by atoms with Crippen LogP contribution in [-0.4, -0.2) is 26.9 Å². The molecule has 1 aromatic carbocycles. The number of aromatic nitrogens is 3. The lowest BCUT2D eigenvalue weighted by molar-refractivity contribution is 0.0635. The van der Waals surface area contributed by atoms with Gasteiger partial charge in [-0.25, -0.2) is 14.2 Å². The first-order valence-corrected chi connectivity index (χ1v) is 8.08. The van der Waals surface area contributed by atoms with Crippen molar-refractivity contribution in [3.63, 3.8) is 0 Å². The van der Waals surface area contributed by atoms with Gasteiger partial charge >= 0.3 is 6.09 Å². The van der Waals surface area contributed by atoms with Gasteiger partial charge in [-0.1, -0.05) is 0 Å². The first kappa shape index (κ1) is 17.6. The number of carbonyl (C=O) groups is 1. The highest BCUT2D eigenvalue weighted by molar-refractivity contribution is 5.86. The van der Waals surface area contributed by atoms with Gasteiger partial charge in [-0.2, -0.15) is 5.10 Å². The fourth-order valence-electron chi connectivity index (χ4n) is 2.41. The lowest BCUT2D eigenvalue weighted by atomic mass is 10.0. The number of aromatic amines is 1. The molecule has 0 aliphatic heterocycles. The number of nitrogens with zero attached hydrogens (tertiary/aromatic N) is 2. The van der Waals surface area contributed by atoms with E-state index in [4.69, 9.17) is 4.74 Å². The summed E-state index contributed by atoms with van der Waals surface area (Å²) in [5.41, 5.74) is 2.48. The van der Waals surface area contributed by atoms with Crippen LogP contribution in [-0.2, 0) is 4.74 Å². The number of halogens is 1. The van der Waals surface area contributed by atoms with Crippen LogP contribution in [0.2, 0.25) is 0 Å². The zero-order chi connectivity index (χ0) is 18.7. The number of H-pyrrole nitrogens is 1. The van der Waals surface area contributed by atoms with Gasteiger partial charge in [0.1, 0.15) is 17.2 Å². The van der Waals surface area contributed by atoms with Crippen molar-refractivity contribution in [2.45, 2.75) is 26.4 Å². The van der Waals surface area contributed by atoms with Gasteiger partial charge in [0.05, 0.1) is 5.69 Å². The number of pyridine rings is 1. The Bertz CT molecular complexity index is 914. The third-order valence-corrected chi connectivity index (χ3v) is 3.46. The molecule has 26 heavy (non-hydrogen) atoms. The summed E-state index contributed by atoms with van der Waals surface area (Å²) in [6, 6.07) is 9.62. The molecule has 2 N–H and O–H groups in total. The van der Waals surface area contributed by atoms with Crippen molar-refractivity contribution >= 4 is 11.9 Å². The summed E-state index contributed by atoms with van der Waals surface area (Å²) in [4.78, 5) is 16.1. The number of rotatable bonds is 3. The predicted octanol–water partition coefficient (Wildman–Crippen LogP) is 4.62. The van der Waals surface area contributed by atoms with Crippen LogP contribution in [0.4, 0.5) is 15.0 Å². The minimum Gasteiger partial charge on any atom is -0.444 e. The molecule has 0 fully saturated rings. The molecule has 0 unspecified atom stereocenters. The number of anilines is 1. The maximum absolute atomic E-state index is 13.2. The van der Waals surface area contributed by atoms with Crippen molar-refractivity contribution in [1.29, 1.82) is 0 Å². The molecule has 0 saturated carbocycles. The van der Waals surface area contributed by atoms with Crippen LogP contribution < -0.4 is 5.32 Å². The van der Waals surface area contributed by atoms with Gasteiger partial charge in [-0.3, -0.25) is 10.4 Å². The summed E-state index contributed by atoms with van der Waals surface area (Å²) in [6.07, 6.45) is 2.75. The van der Waals surface area contributed by atoms with E-state index in [-0.39, 0.29) is 5.82 Å². The smallest absolute Gasteiger partial charge is 0.413 e. The van der Waals surface area contributed by atoms with Crippen molar-refractivity contribution in [3.05, 3.63) is 54.6 Å². The Hall–Kier alpha value is -3.22. The molecule has 2 aromatic heterocycles. The van der Waals surface area contributed by atoms with E-state index in [0.717, 1.165) is 16.7 Å². The topological polar surface area (TPSA) is 79.9 Å². The zero-order valence-electron chi connectivity index (χ0n) is 14.7. The molecular weight excluding hydrogens is 335 g/mol. The molecule has 7 heteroatoms. The number of ether oxygens (including phenoxy) is 1. The largest absolute Gasteiger partial charge is 0.444 e. The van der Waals surface area contributed by atoms with Crippen LogP contribution in [0.1, 0.15) is 20.8 Å². The monoisotopic (exact) mass is 354 g/mol. The SMILES string of the molecule is CC(C)(C)OC(=O)Nc1cc(-c2c[nH]nc2-c2ccc(F)cc2)ccn1. The Morgan fingerprint density at radius 3 is 2.58 bits per heavy atom. The highest BCUT2D eigenvalue weighted by Crippen LogP contribution is 2.31. The van der Waals surface area contributed by atoms with Crippen LogP contribution in [0.25, 0.3) is 22.4 Å². The molecule has 0 saturated heterocycles.